The molecular weight excluding hydrogens is 415 g/mol. The van der Waals surface area contributed by atoms with Crippen LogP contribution in [0.3, 0.4) is 0 Å². The van der Waals surface area contributed by atoms with Crippen LogP contribution in [-0.4, -0.2) is 41.2 Å². The normalized spacial score (nSPS) is 13.2. The molecule has 0 spiro atoms. The summed E-state index contributed by atoms with van der Waals surface area (Å²) in [5.74, 6) is -3.33. The molecule has 0 radical (unpaired) electrons. The average molecular weight is 433 g/mol. The molecule has 3 rings (SSSR count). The summed E-state index contributed by atoms with van der Waals surface area (Å²) in [6.45, 7) is -0.354. The molecule has 0 aromatic heterocycles. The fraction of sp³-hybridized carbons (Fsp3) is 0.238. The number of anilines is 1. The summed E-state index contributed by atoms with van der Waals surface area (Å²) in [6.07, 6.45) is -4.80. The fourth-order valence-electron chi connectivity index (χ4n) is 3.12. The number of carbonyl (C=O) groups is 4. The Balaban J connectivity index is 1.52. The van der Waals surface area contributed by atoms with Crippen LogP contribution in [0.5, 0.6) is 0 Å². The first kappa shape index (κ1) is 22.0. The van der Waals surface area contributed by atoms with Gasteiger partial charge in [-0.05, 0) is 30.2 Å². The lowest BCUT2D eigenvalue weighted by atomic mass is 10.1. The van der Waals surface area contributed by atoms with E-state index in [0.717, 1.165) is 4.90 Å². The van der Waals surface area contributed by atoms with E-state index in [9.17, 15) is 32.3 Å². The number of rotatable bonds is 7. The molecule has 0 fully saturated rings. The van der Waals surface area contributed by atoms with E-state index in [0.29, 0.717) is 16.7 Å². The molecule has 0 unspecified atom stereocenters. The highest BCUT2D eigenvalue weighted by molar-refractivity contribution is 6.21. The Kier molecular flexibility index (Phi) is 6.38. The van der Waals surface area contributed by atoms with Gasteiger partial charge in [0.25, 0.3) is 11.8 Å². The van der Waals surface area contributed by atoms with Crippen LogP contribution in [-0.2, 0) is 16.1 Å². The largest absolute Gasteiger partial charge is 0.471 e. The van der Waals surface area contributed by atoms with Gasteiger partial charge in [0.1, 0.15) is 0 Å². The van der Waals surface area contributed by atoms with Crippen LogP contribution < -0.4 is 10.6 Å². The van der Waals surface area contributed by atoms with Crippen LogP contribution in [0, 0.1) is 0 Å². The van der Waals surface area contributed by atoms with Gasteiger partial charge in [0.15, 0.2) is 0 Å². The van der Waals surface area contributed by atoms with E-state index in [1.165, 1.54) is 12.1 Å². The van der Waals surface area contributed by atoms with Gasteiger partial charge in [-0.25, -0.2) is 0 Å². The number of nitrogens with one attached hydrogen (secondary N) is 2. The summed E-state index contributed by atoms with van der Waals surface area (Å²) in [7, 11) is 0. The fourth-order valence-corrected chi connectivity index (χ4v) is 3.12. The van der Waals surface area contributed by atoms with Gasteiger partial charge < -0.3 is 10.6 Å². The molecule has 162 valence electrons. The van der Waals surface area contributed by atoms with Crippen LogP contribution in [0.2, 0.25) is 0 Å². The molecule has 7 nitrogen and oxygen atoms in total. The number of halogens is 3. The zero-order valence-electron chi connectivity index (χ0n) is 16.2. The van der Waals surface area contributed by atoms with Crippen molar-refractivity contribution >= 4 is 29.3 Å². The Morgan fingerprint density at radius 3 is 2.10 bits per heavy atom. The minimum Gasteiger partial charge on any atom is -0.344 e. The van der Waals surface area contributed by atoms with E-state index in [4.69, 9.17) is 0 Å². The van der Waals surface area contributed by atoms with Crippen molar-refractivity contribution in [1.82, 2.24) is 10.2 Å². The van der Waals surface area contributed by atoms with Gasteiger partial charge in [-0.15, -0.1) is 0 Å². The number of nitrogens with zero attached hydrogens (tertiary/aromatic N) is 1. The molecule has 0 atom stereocenters. The molecule has 1 aliphatic heterocycles. The van der Waals surface area contributed by atoms with Gasteiger partial charge in [0.2, 0.25) is 5.91 Å². The topological polar surface area (TPSA) is 95.6 Å². The first-order valence-electron chi connectivity index (χ1n) is 9.36. The summed E-state index contributed by atoms with van der Waals surface area (Å²) in [5, 5.41) is 4.33. The Labute approximate surface area is 175 Å². The van der Waals surface area contributed by atoms with E-state index < -0.39 is 36.3 Å². The molecule has 4 amide bonds. The van der Waals surface area contributed by atoms with Crippen LogP contribution in [0.25, 0.3) is 0 Å². The maximum absolute atomic E-state index is 12.3. The number of hydrogen-bond donors (Lipinski definition) is 2. The zero-order chi connectivity index (χ0) is 22.6. The Bertz CT molecular complexity index is 1000. The lowest BCUT2D eigenvalue weighted by molar-refractivity contribution is -0.173. The number of alkyl halides is 3. The second-order valence-corrected chi connectivity index (χ2v) is 6.80. The molecule has 2 aromatic rings. The average Bonchev–Trinajstić information content (AvgIpc) is 2.97. The standard InChI is InChI=1S/C21H18F3N3O4/c22-21(23,24)20(31)25-12-13-6-1-4-9-16(13)26-17(28)10-5-11-27-18(29)14-7-2-3-8-15(14)19(27)30/h1-4,6-9H,5,10-12H2,(H,25,31)(H,26,28). The molecule has 2 N–H and O–H groups in total. The second kappa shape index (κ2) is 8.99. The summed E-state index contributed by atoms with van der Waals surface area (Å²) in [5.41, 5.74) is 1.21. The molecule has 1 heterocycles. The second-order valence-electron chi connectivity index (χ2n) is 6.80. The van der Waals surface area contributed by atoms with Crippen LogP contribution in [0.15, 0.2) is 48.5 Å². The molecule has 0 saturated carbocycles. The van der Waals surface area contributed by atoms with Gasteiger partial charge in [-0.2, -0.15) is 13.2 Å². The number of hydrogen-bond acceptors (Lipinski definition) is 4. The quantitative estimate of drug-likeness (QED) is 0.657. The zero-order valence-corrected chi connectivity index (χ0v) is 16.2. The molecule has 2 aromatic carbocycles. The van der Waals surface area contributed by atoms with E-state index >= 15 is 0 Å². The third-order valence-corrected chi connectivity index (χ3v) is 4.65. The van der Waals surface area contributed by atoms with E-state index in [2.05, 4.69) is 5.32 Å². The molecule has 10 heteroatoms. The number of benzene rings is 2. The molecule has 0 aliphatic carbocycles. The maximum atomic E-state index is 12.3. The van der Waals surface area contributed by atoms with E-state index in [-0.39, 0.29) is 25.1 Å². The molecule has 0 saturated heterocycles. The van der Waals surface area contributed by atoms with E-state index in [1.54, 1.807) is 41.7 Å². The van der Waals surface area contributed by atoms with Gasteiger partial charge >= 0.3 is 12.1 Å². The van der Waals surface area contributed by atoms with Crippen molar-refractivity contribution in [1.29, 1.82) is 0 Å². The summed E-state index contributed by atoms with van der Waals surface area (Å²) < 4.78 is 37.0. The van der Waals surface area contributed by atoms with Crippen LogP contribution >= 0.6 is 0 Å². The van der Waals surface area contributed by atoms with Crippen LogP contribution in [0.1, 0.15) is 39.1 Å². The van der Waals surface area contributed by atoms with Gasteiger partial charge in [-0.3, -0.25) is 24.1 Å². The highest BCUT2D eigenvalue weighted by Crippen LogP contribution is 2.23. The van der Waals surface area contributed by atoms with E-state index in [1.807, 2.05) is 0 Å². The number of amides is 4. The number of carbonyl (C=O) groups excluding carboxylic acids is 4. The van der Waals surface area contributed by atoms with Crippen molar-refractivity contribution < 1.29 is 32.3 Å². The lowest BCUT2D eigenvalue weighted by Gasteiger charge is -2.15. The monoisotopic (exact) mass is 433 g/mol. The van der Waals surface area contributed by atoms with Gasteiger partial charge in [0.05, 0.1) is 11.1 Å². The SMILES string of the molecule is O=C(CCCN1C(=O)c2ccccc2C1=O)Nc1ccccc1CNC(=O)C(F)(F)F. The highest BCUT2D eigenvalue weighted by Gasteiger charge is 2.38. The number of imide groups is 1. The van der Waals surface area contributed by atoms with Gasteiger partial charge in [0, 0.05) is 25.2 Å². The predicted molar refractivity (Wildman–Crippen MR) is 104 cm³/mol. The van der Waals surface area contributed by atoms with Crippen molar-refractivity contribution in [3.63, 3.8) is 0 Å². The van der Waals surface area contributed by atoms with Crippen molar-refractivity contribution in [3.8, 4) is 0 Å². The van der Waals surface area contributed by atoms with Crippen molar-refractivity contribution in [2.75, 3.05) is 11.9 Å². The Morgan fingerprint density at radius 2 is 1.48 bits per heavy atom. The summed E-state index contributed by atoms with van der Waals surface area (Å²) in [6, 6.07) is 12.6. The van der Waals surface area contributed by atoms with Crippen molar-refractivity contribution in [2.45, 2.75) is 25.6 Å². The minimum atomic E-state index is -5.00. The minimum absolute atomic E-state index is 0.0172. The summed E-state index contributed by atoms with van der Waals surface area (Å²) >= 11 is 0. The smallest absolute Gasteiger partial charge is 0.344 e. The Hall–Kier alpha value is -3.69. The molecule has 0 bridgehead atoms. The number of para-hydroxylation sites is 1. The third-order valence-electron chi connectivity index (χ3n) is 4.65. The highest BCUT2D eigenvalue weighted by atomic mass is 19.4. The van der Waals surface area contributed by atoms with Gasteiger partial charge in [-0.1, -0.05) is 30.3 Å². The third kappa shape index (κ3) is 5.08. The maximum Gasteiger partial charge on any atom is 0.471 e. The first-order chi connectivity index (χ1) is 14.7. The van der Waals surface area contributed by atoms with Crippen molar-refractivity contribution in [2.24, 2.45) is 0 Å². The molecular formula is C21H18F3N3O4. The molecule has 31 heavy (non-hydrogen) atoms. The van der Waals surface area contributed by atoms with Crippen LogP contribution in [0.4, 0.5) is 18.9 Å². The number of fused-ring (bicyclic) bond motifs is 1. The first-order valence-corrected chi connectivity index (χ1v) is 9.36. The lowest BCUT2D eigenvalue weighted by Crippen LogP contribution is -2.36. The van der Waals surface area contributed by atoms with Crippen molar-refractivity contribution in [3.05, 3.63) is 65.2 Å². The predicted octanol–water partition coefficient (Wildman–Crippen LogP) is 2.88. The molecule has 1 aliphatic rings. The Morgan fingerprint density at radius 1 is 0.903 bits per heavy atom. The summed E-state index contributed by atoms with van der Waals surface area (Å²) in [4.78, 5) is 48.9.